The minimum atomic E-state index is -0.141. The van der Waals surface area contributed by atoms with Gasteiger partial charge in [-0.05, 0) is 25.1 Å². The van der Waals surface area contributed by atoms with Gasteiger partial charge in [-0.1, -0.05) is 0 Å². The van der Waals surface area contributed by atoms with Crippen molar-refractivity contribution in [1.29, 1.82) is 0 Å². The van der Waals surface area contributed by atoms with Crippen molar-refractivity contribution in [2.24, 2.45) is 0 Å². The number of fused-ring (bicyclic) bond motifs is 1. The number of aromatic nitrogens is 4. The van der Waals surface area contributed by atoms with Crippen molar-refractivity contribution in [3.63, 3.8) is 0 Å². The van der Waals surface area contributed by atoms with Gasteiger partial charge in [0, 0.05) is 16.6 Å². The average Bonchev–Trinajstić information content (AvgIpc) is 3.03. The quantitative estimate of drug-likeness (QED) is 0.760. The van der Waals surface area contributed by atoms with E-state index < -0.39 is 0 Å². The lowest BCUT2D eigenvalue weighted by atomic mass is 10.2. The van der Waals surface area contributed by atoms with Crippen molar-refractivity contribution in [2.45, 2.75) is 13.5 Å². The maximum atomic E-state index is 12.0. The van der Waals surface area contributed by atoms with Crippen LogP contribution in [-0.4, -0.2) is 26.3 Å². The van der Waals surface area contributed by atoms with E-state index >= 15 is 0 Å². The molecule has 2 aromatic heterocycles. The van der Waals surface area contributed by atoms with Crippen LogP contribution < -0.4 is 5.32 Å². The molecule has 0 bridgehead atoms. The molecule has 1 aromatic carbocycles. The lowest BCUT2D eigenvalue weighted by Gasteiger charge is -2.02. The van der Waals surface area contributed by atoms with Gasteiger partial charge in [0.15, 0.2) is 0 Å². The van der Waals surface area contributed by atoms with Crippen LogP contribution in [0.2, 0.25) is 0 Å². The molecule has 0 fully saturated rings. The lowest BCUT2D eigenvalue weighted by Crippen LogP contribution is -2.22. The molecule has 7 heteroatoms. The second-order valence-corrected chi connectivity index (χ2v) is 5.04. The van der Waals surface area contributed by atoms with Gasteiger partial charge in [-0.2, -0.15) is 15.4 Å². The van der Waals surface area contributed by atoms with Gasteiger partial charge in [-0.3, -0.25) is 4.79 Å². The van der Waals surface area contributed by atoms with Crippen molar-refractivity contribution >= 4 is 28.3 Å². The minimum Gasteiger partial charge on any atom is -0.346 e. The number of aromatic amines is 1. The van der Waals surface area contributed by atoms with Crippen molar-refractivity contribution in [1.82, 2.24) is 25.7 Å². The Hall–Kier alpha value is -2.28. The van der Waals surface area contributed by atoms with E-state index in [1.54, 1.807) is 18.2 Å². The fourth-order valence-electron chi connectivity index (χ4n) is 1.72. The molecule has 6 nitrogen and oxygen atoms in total. The maximum Gasteiger partial charge on any atom is 0.251 e. The largest absolute Gasteiger partial charge is 0.346 e. The number of hydrogen-bond acceptors (Lipinski definition) is 5. The van der Waals surface area contributed by atoms with E-state index in [1.165, 1.54) is 11.3 Å². The lowest BCUT2D eigenvalue weighted by molar-refractivity contribution is 0.0951. The van der Waals surface area contributed by atoms with Gasteiger partial charge < -0.3 is 5.32 Å². The molecule has 96 valence electrons. The molecule has 2 N–H and O–H groups in total. The van der Waals surface area contributed by atoms with Crippen molar-refractivity contribution in [2.75, 3.05) is 0 Å². The molecule has 0 atom stereocenters. The highest BCUT2D eigenvalue weighted by Gasteiger charge is 2.08. The zero-order valence-electron chi connectivity index (χ0n) is 10.2. The zero-order valence-corrected chi connectivity index (χ0v) is 11.0. The van der Waals surface area contributed by atoms with E-state index in [-0.39, 0.29) is 5.91 Å². The van der Waals surface area contributed by atoms with Crippen LogP contribution in [0.1, 0.15) is 21.1 Å². The summed E-state index contributed by atoms with van der Waals surface area (Å²) >= 11 is 1.54. The Kier molecular flexibility index (Phi) is 2.96. The second kappa shape index (κ2) is 4.77. The Labute approximate surface area is 112 Å². The topological polar surface area (TPSA) is 83.6 Å². The smallest absolute Gasteiger partial charge is 0.251 e. The van der Waals surface area contributed by atoms with Crippen molar-refractivity contribution in [3.8, 4) is 0 Å². The first-order valence-electron chi connectivity index (χ1n) is 5.72. The average molecular weight is 273 g/mol. The summed E-state index contributed by atoms with van der Waals surface area (Å²) in [5.74, 6) is -0.141. The fraction of sp³-hybridized carbons (Fsp3) is 0.167. The number of thiazole rings is 1. The zero-order chi connectivity index (χ0) is 13.2. The Bertz CT molecular complexity index is 732. The summed E-state index contributed by atoms with van der Waals surface area (Å²) in [5, 5.41) is 16.1. The molecule has 0 spiro atoms. The molecule has 0 radical (unpaired) electrons. The Morgan fingerprint density at radius 1 is 1.37 bits per heavy atom. The molecular weight excluding hydrogens is 262 g/mol. The van der Waals surface area contributed by atoms with Crippen LogP contribution in [0.4, 0.5) is 0 Å². The van der Waals surface area contributed by atoms with Gasteiger partial charge in [0.25, 0.3) is 5.91 Å². The van der Waals surface area contributed by atoms with Crippen molar-refractivity contribution < 1.29 is 4.79 Å². The van der Waals surface area contributed by atoms with E-state index in [0.29, 0.717) is 17.6 Å². The number of carbonyl (C=O) groups is 1. The molecule has 0 saturated heterocycles. The van der Waals surface area contributed by atoms with Gasteiger partial charge >= 0.3 is 0 Å². The van der Waals surface area contributed by atoms with Gasteiger partial charge in [0.05, 0.1) is 6.54 Å². The number of benzene rings is 1. The predicted molar refractivity (Wildman–Crippen MR) is 71.9 cm³/mol. The number of carbonyl (C=O) groups excluding carboxylic acids is 1. The third kappa shape index (κ3) is 2.45. The maximum absolute atomic E-state index is 12.0. The first-order chi connectivity index (χ1) is 9.22. The molecule has 0 aliphatic heterocycles. The summed E-state index contributed by atoms with van der Waals surface area (Å²) in [6.07, 6.45) is 0. The highest BCUT2D eigenvalue weighted by atomic mass is 32.1. The number of H-pyrrole nitrogens is 1. The Morgan fingerprint density at radius 2 is 2.21 bits per heavy atom. The van der Waals surface area contributed by atoms with Crippen LogP contribution in [0.3, 0.4) is 0 Å². The van der Waals surface area contributed by atoms with E-state index in [1.807, 2.05) is 12.3 Å². The molecule has 19 heavy (non-hydrogen) atoms. The van der Waals surface area contributed by atoms with E-state index in [0.717, 1.165) is 16.2 Å². The third-order valence-electron chi connectivity index (χ3n) is 2.65. The number of hydrogen-bond donors (Lipinski definition) is 2. The summed E-state index contributed by atoms with van der Waals surface area (Å²) in [5.41, 5.74) is 2.96. The number of nitrogens with zero attached hydrogens (tertiary/aromatic N) is 3. The van der Waals surface area contributed by atoms with Crippen LogP contribution in [-0.2, 0) is 6.54 Å². The van der Waals surface area contributed by atoms with Crippen LogP contribution in [0, 0.1) is 6.92 Å². The van der Waals surface area contributed by atoms with E-state index in [4.69, 9.17) is 0 Å². The molecule has 0 aliphatic carbocycles. The first kappa shape index (κ1) is 11.8. The predicted octanol–water partition coefficient (Wildman–Crippen LogP) is 1.65. The fourth-order valence-corrected chi connectivity index (χ4v) is 2.43. The van der Waals surface area contributed by atoms with Crippen LogP contribution in [0.25, 0.3) is 11.0 Å². The summed E-state index contributed by atoms with van der Waals surface area (Å²) in [4.78, 5) is 16.3. The molecule has 0 aliphatic rings. The van der Waals surface area contributed by atoms with Crippen LogP contribution in [0.5, 0.6) is 0 Å². The molecular formula is C12H11N5OS. The molecule has 0 saturated carbocycles. The van der Waals surface area contributed by atoms with Gasteiger partial charge in [0.1, 0.15) is 16.0 Å². The minimum absolute atomic E-state index is 0.141. The summed E-state index contributed by atoms with van der Waals surface area (Å²) in [6.45, 7) is 2.37. The van der Waals surface area contributed by atoms with E-state index in [2.05, 4.69) is 25.7 Å². The highest BCUT2D eigenvalue weighted by Crippen LogP contribution is 2.11. The summed E-state index contributed by atoms with van der Waals surface area (Å²) in [7, 11) is 0. The normalized spacial score (nSPS) is 10.8. The van der Waals surface area contributed by atoms with E-state index in [9.17, 15) is 4.79 Å². The molecule has 3 aromatic rings. The second-order valence-electron chi connectivity index (χ2n) is 4.09. The van der Waals surface area contributed by atoms with Gasteiger partial charge in [-0.15, -0.1) is 11.3 Å². The molecule has 0 unspecified atom stereocenters. The summed E-state index contributed by atoms with van der Waals surface area (Å²) in [6, 6.07) is 5.20. The Balaban J connectivity index is 1.72. The van der Waals surface area contributed by atoms with Gasteiger partial charge in [-0.25, -0.2) is 4.98 Å². The number of nitrogens with one attached hydrogen (secondary N) is 2. The first-order valence-corrected chi connectivity index (χ1v) is 6.60. The number of aryl methyl sites for hydroxylation is 1. The Morgan fingerprint density at radius 3 is 3.00 bits per heavy atom. The summed E-state index contributed by atoms with van der Waals surface area (Å²) < 4.78 is 0. The monoisotopic (exact) mass is 273 g/mol. The van der Waals surface area contributed by atoms with Crippen molar-refractivity contribution in [3.05, 3.63) is 39.8 Å². The molecule has 1 amide bonds. The SMILES string of the molecule is Cc1csc(CNC(=O)c2ccc3n[nH]nc3c2)n1. The molecule has 2 heterocycles. The number of rotatable bonds is 3. The highest BCUT2D eigenvalue weighted by molar-refractivity contribution is 7.09. The van der Waals surface area contributed by atoms with Gasteiger partial charge in [0.2, 0.25) is 0 Å². The van der Waals surface area contributed by atoms with Crippen LogP contribution >= 0.6 is 11.3 Å². The standard InChI is InChI=1S/C12H11N5OS/c1-7-6-19-11(14-7)5-13-12(18)8-2-3-9-10(4-8)16-17-15-9/h2-4,6H,5H2,1H3,(H,13,18)(H,15,16,17). The molecule has 3 rings (SSSR count). The van der Waals surface area contributed by atoms with Crippen LogP contribution in [0.15, 0.2) is 23.6 Å². The third-order valence-corrected chi connectivity index (χ3v) is 3.61. The number of amides is 1.